The van der Waals surface area contributed by atoms with Crippen LogP contribution in [0.5, 0.6) is 0 Å². The van der Waals surface area contributed by atoms with Gasteiger partial charge in [0, 0.05) is 10.1 Å². The van der Waals surface area contributed by atoms with Crippen LogP contribution in [0, 0.1) is 5.92 Å². The minimum absolute atomic E-state index is 0.683. The van der Waals surface area contributed by atoms with Crippen LogP contribution < -0.4 is 0 Å². The molecule has 0 nitrogen and oxygen atoms in total. The van der Waals surface area contributed by atoms with Crippen LogP contribution in [-0.4, -0.2) is 5.25 Å². The van der Waals surface area contributed by atoms with Gasteiger partial charge in [0.25, 0.3) is 0 Å². The maximum absolute atomic E-state index is 2.21. The first-order chi connectivity index (χ1) is 6.52. The lowest BCUT2D eigenvalue weighted by Crippen LogP contribution is -1.84. The van der Waals surface area contributed by atoms with Crippen LogP contribution in [0.1, 0.15) is 34.6 Å². The number of thioether (sulfide) groups is 1. The molecule has 0 fully saturated rings. The summed E-state index contributed by atoms with van der Waals surface area (Å²) in [6, 6.07) is 10.5. The Morgan fingerprint density at radius 2 is 1.29 bits per heavy atom. The molecule has 0 atom stereocenters. The van der Waals surface area contributed by atoms with Gasteiger partial charge in [-0.3, -0.25) is 0 Å². The molecule has 0 bridgehead atoms. The van der Waals surface area contributed by atoms with Gasteiger partial charge in [-0.05, 0) is 18.1 Å². The SMILES string of the molecule is CC(C)C.CC(C)Sc1ccccc1. The second kappa shape index (κ2) is 7.93. The van der Waals surface area contributed by atoms with E-state index in [-0.39, 0.29) is 0 Å². The quantitative estimate of drug-likeness (QED) is 0.629. The Morgan fingerprint density at radius 3 is 1.64 bits per heavy atom. The summed E-state index contributed by atoms with van der Waals surface area (Å²) in [5.74, 6) is 0.833. The summed E-state index contributed by atoms with van der Waals surface area (Å²) in [7, 11) is 0. The third-order valence-corrected chi connectivity index (χ3v) is 2.13. The van der Waals surface area contributed by atoms with E-state index in [4.69, 9.17) is 0 Å². The molecule has 1 rings (SSSR count). The van der Waals surface area contributed by atoms with Crippen molar-refractivity contribution >= 4 is 11.8 Å². The molecule has 0 unspecified atom stereocenters. The molecule has 0 amide bonds. The molecule has 0 saturated heterocycles. The Hall–Kier alpha value is -0.430. The van der Waals surface area contributed by atoms with E-state index in [0.29, 0.717) is 5.25 Å². The van der Waals surface area contributed by atoms with Crippen molar-refractivity contribution in [3.8, 4) is 0 Å². The standard InChI is InChI=1S/C9H12S.C4H10/c1-8(2)10-9-6-4-3-5-7-9;1-4(2)3/h3-8H,1-2H3;4H,1-3H3. The van der Waals surface area contributed by atoms with E-state index >= 15 is 0 Å². The van der Waals surface area contributed by atoms with Crippen molar-refractivity contribution in [1.82, 2.24) is 0 Å². The zero-order valence-corrected chi connectivity index (χ0v) is 10.8. The lowest BCUT2D eigenvalue weighted by atomic mass is 10.3. The van der Waals surface area contributed by atoms with E-state index in [1.54, 1.807) is 0 Å². The third kappa shape index (κ3) is 9.66. The highest BCUT2D eigenvalue weighted by Gasteiger charge is 1.94. The first-order valence-corrected chi connectivity index (χ1v) is 6.12. The summed E-state index contributed by atoms with van der Waals surface area (Å²) in [5.41, 5.74) is 0. The van der Waals surface area contributed by atoms with E-state index in [1.165, 1.54) is 4.90 Å². The highest BCUT2D eigenvalue weighted by atomic mass is 32.2. The average Bonchev–Trinajstić information content (AvgIpc) is 2.03. The average molecular weight is 210 g/mol. The molecule has 0 spiro atoms. The highest BCUT2D eigenvalue weighted by Crippen LogP contribution is 2.21. The largest absolute Gasteiger partial charge is 0.123 e. The van der Waals surface area contributed by atoms with Crippen LogP contribution in [0.15, 0.2) is 35.2 Å². The molecule has 0 aliphatic rings. The Kier molecular flexibility index (Phi) is 7.68. The Labute approximate surface area is 93.1 Å². The molecule has 14 heavy (non-hydrogen) atoms. The van der Waals surface area contributed by atoms with Crippen molar-refractivity contribution in [1.29, 1.82) is 0 Å². The lowest BCUT2D eigenvalue weighted by molar-refractivity contribution is 0.737. The monoisotopic (exact) mass is 210 g/mol. The molecule has 1 aromatic carbocycles. The summed E-state index contributed by atoms with van der Waals surface area (Å²) in [6.07, 6.45) is 0. The molecule has 0 aromatic heterocycles. The van der Waals surface area contributed by atoms with Crippen molar-refractivity contribution in [3.63, 3.8) is 0 Å². The van der Waals surface area contributed by atoms with Crippen molar-refractivity contribution in [3.05, 3.63) is 30.3 Å². The van der Waals surface area contributed by atoms with Gasteiger partial charge < -0.3 is 0 Å². The van der Waals surface area contributed by atoms with E-state index in [0.717, 1.165) is 5.92 Å². The van der Waals surface area contributed by atoms with Crippen molar-refractivity contribution in [2.24, 2.45) is 5.92 Å². The van der Waals surface area contributed by atoms with Gasteiger partial charge in [-0.2, -0.15) is 0 Å². The maximum atomic E-state index is 2.21. The molecular formula is C13H22S. The van der Waals surface area contributed by atoms with Crippen molar-refractivity contribution in [2.75, 3.05) is 0 Å². The van der Waals surface area contributed by atoms with Crippen LogP contribution in [0.2, 0.25) is 0 Å². The molecule has 0 N–H and O–H groups in total. The van der Waals surface area contributed by atoms with Gasteiger partial charge in [-0.15, -0.1) is 11.8 Å². The molecule has 0 aliphatic carbocycles. The molecule has 0 radical (unpaired) electrons. The van der Waals surface area contributed by atoms with Gasteiger partial charge in [0.05, 0.1) is 0 Å². The van der Waals surface area contributed by atoms with Gasteiger partial charge >= 0.3 is 0 Å². The van der Waals surface area contributed by atoms with Crippen LogP contribution in [0.4, 0.5) is 0 Å². The minimum atomic E-state index is 0.683. The zero-order chi connectivity index (χ0) is 11.0. The van der Waals surface area contributed by atoms with Gasteiger partial charge in [0.15, 0.2) is 0 Å². The fraction of sp³-hybridized carbons (Fsp3) is 0.538. The van der Waals surface area contributed by atoms with Gasteiger partial charge in [-0.1, -0.05) is 52.8 Å². The van der Waals surface area contributed by atoms with Crippen LogP contribution >= 0.6 is 11.8 Å². The number of hydrogen-bond acceptors (Lipinski definition) is 1. The first-order valence-electron chi connectivity index (χ1n) is 5.24. The summed E-state index contributed by atoms with van der Waals surface area (Å²) < 4.78 is 0. The number of rotatable bonds is 2. The third-order valence-electron chi connectivity index (χ3n) is 1.11. The molecule has 0 saturated carbocycles. The molecule has 80 valence electrons. The molecular weight excluding hydrogens is 188 g/mol. The van der Waals surface area contributed by atoms with Crippen molar-refractivity contribution < 1.29 is 0 Å². The Morgan fingerprint density at radius 1 is 0.857 bits per heavy atom. The van der Waals surface area contributed by atoms with Crippen LogP contribution in [0.3, 0.4) is 0 Å². The van der Waals surface area contributed by atoms with Crippen LogP contribution in [-0.2, 0) is 0 Å². The summed E-state index contributed by atoms with van der Waals surface area (Å²) in [4.78, 5) is 1.36. The zero-order valence-electron chi connectivity index (χ0n) is 9.95. The fourth-order valence-electron chi connectivity index (χ4n) is 0.771. The maximum Gasteiger partial charge on any atom is 0.00745 e. The number of hydrogen-bond donors (Lipinski definition) is 0. The Bertz CT molecular complexity index is 211. The fourth-order valence-corrected chi connectivity index (χ4v) is 1.63. The smallest absolute Gasteiger partial charge is 0.00745 e. The Balaban J connectivity index is 0.000000364. The molecule has 0 heterocycles. The van der Waals surface area contributed by atoms with E-state index in [9.17, 15) is 0 Å². The topological polar surface area (TPSA) is 0 Å². The molecule has 0 aliphatic heterocycles. The van der Waals surface area contributed by atoms with Crippen molar-refractivity contribution in [2.45, 2.75) is 44.8 Å². The summed E-state index contributed by atoms with van der Waals surface area (Å²) in [6.45, 7) is 10.9. The van der Waals surface area contributed by atoms with E-state index < -0.39 is 0 Å². The second-order valence-corrected chi connectivity index (χ2v) is 5.86. The second-order valence-electron chi connectivity index (χ2n) is 4.21. The van der Waals surface area contributed by atoms with Gasteiger partial charge in [0.1, 0.15) is 0 Å². The first kappa shape index (κ1) is 13.6. The molecule has 1 heteroatoms. The van der Waals surface area contributed by atoms with E-state index in [2.05, 4.69) is 58.9 Å². The number of benzene rings is 1. The van der Waals surface area contributed by atoms with Gasteiger partial charge in [0.2, 0.25) is 0 Å². The highest BCUT2D eigenvalue weighted by molar-refractivity contribution is 7.99. The summed E-state index contributed by atoms with van der Waals surface area (Å²) >= 11 is 1.90. The summed E-state index contributed by atoms with van der Waals surface area (Å²) in [5, 5.41) is 0.683. The predicted molar refractivity (Wildman–Crippen MR) is 67.9 cm³/mol. The van der Waals surface area contributed by atoms with E-state index in [1.807, 2.05) is 17.8 Å². The van der Waals surface area contributed by atoms with Gasteiger partial charge in [-0.25, -0.2) is 0 Å². The molecule has 1 aromatic rings. The normalized spacial score (nSPS) is 9.93. The van der Waals surface area contributed by atoms with Crippen LogP contribution in [0.25, 0.3) is 0 Å². The minimum Gasteiger partial charge on any atom is -0.123 e. The predicted octanol–water partition coefficient (Wildman–Crippen LogP) is 4.85. The lowest BCUT2D eigenvalue weighted by Gasteiger charge is -2.02.